The molecule has 0 spiro atoms. The molecule has 3 heteroatoms. The molecular formula is C22H41N3. The summed E-state index contributed by atoms with van der Waals surface area (Å²) >= 11 is 0. The van der Waals surface area contributed by atoms with Crippen molar-refractivity contribution < 1.29 is 0 Å². The summed E-state index contributed by atoms with van der Waals surface area (Å²) in [6, 6.07) is 2.51. The Kier molecular flexibility index (Phi) is 14.1. The lowest BCUT2D eigenvalue weighted by Gasteiger charge is -2.33. The van der Waals surface area contributed by atoms with E-state index in [0.29, 0.717) is 6.04 Å². The van der Waals surface area contributed by atoms with Gasteiger partial charge in [0.1, 0.15) is 0 Å². The topological polar surface area (TPSA) is 29.0 Å². The maximum absolute atomic E-state index is 4.82. The van der Waals surface area contributed by atoms with Gasteiger partial charge < -0.3 is 4.90 Å². The number of aryl methyl sites for hydroxylation is 1. The summed E-state index contributed by atoms with van der Waals surface area (Å²) in [5, 5.41) is 0. The molecule has 0 radical (unpaired) electrons. The van der Waals surface area contributed by atoms with Gasteiger partial charge in [-0.25, -0.2) is 9.97 Å². The van der Waals surface area contributed by atoms with Gasteiger partial charge in [-0.3, -0.25) is 0 Å². The molecule has 0 N–H and O–H groups in total. The van der Waals surface area contributed by atoms with Gasteiger partial charge in [0.25, 0.3) is 0 Å². The normalized spacial score (nSPS) is 10.4. The summed E-state index contributed by atoms with van der Waals surface area (Å²) in [7, 11) is 0. The number of nitrogens with zero attached hydrogens (tertiary/aromatic N) is 3. The van der Waals surface area contributed by atoms with Crippen molar-refractivity contribution in [3.8, 4) is 0 Å². The average molecular weight is 348 g/mol. The zero-order valence-electron chi connectivity index (χ0n) is 17.6. The minimum atomic E-state index is 0.472. The highest BCUT2D eigenvalue weighted by Gasteiger charge is 2.22. The Morgan fingerprint density at radius 2 is 1.64 bits per heavy atom. The molecule has 0 saturated carbocycles. The van der Waals surface area contributed by atoms with Gasteiger partial charge in [0, 0.05) is 23.6 Å². The van der Waals surface area contributed by atoms with E-state index >= 15 is 0 Å². The van der Waals surface area contributed by atoms with Crippen LogP contribution in [0.4, 0.5) is 5.95 Å². The number of allylic oxidation sites excluding steroid dienone is 1. The molecule has 0 aliphatic heterocycles. The minimum Gasteiger partial charge on any atom is -0.312 e. The fourth-order valence-corrected chi connectivity index (χ4v) is 2.91. The Bertz CT molecular complexity index is 448. The van der Waals surface area contributed by atoms with E-state index in [-0.39, 0.29) is 0 Å². The SMILES string of the molecule is C=C(CC)N(c1nccc(CCC)n1)C(CCCC)CCCC.CC. The predicted octanol–water partition coefficient (Wildman–Crippen LogP) is 6.93. The van der Waals surface area contributed by atoms with E-state index in [4.69, 9.17) is 4.98 Å². The molecule has 0 bridgehead atoms. The van der Waals surface area contributed by atoms with Gasteiger partial charge in [-0.2, -0.15) is 0 Å². The number of hydrogen-bond acceptors (Lipinski definition) is 3. The van der Waals surface area contributed by atoms with Crippen molar-refractivity contribution in [1.82, 2.24) is 9.97 Å². The lowest BCUT2D eigenvalue weighted by Crippen LogP contribution is -2.36. The van der Waals surface area contributed by atoms with Crippen molar-refractivity contribution in [3.05, 3.63) is 30.2 Å². The number of hydrogen-bond donors (Lipinski definition) is 0. The molecule has 0 amide bonds. The number of aromatic nitrogens is 2. The van der Waals surface area contributed by atoms with E-state index in [1.807, 2.05) is 26.1 Å². The predicted molar refractivity (Wildman–Crippen MR) is 112 cm³/mol. The second kappa shape index (κ2) is 14.9. The van der Waals surface area contributed by atoms with Crippen molar-refractivity contribution >= 4 is 5.95 Å². The van der Waals surface area contributed by atoms with Crippen LogP contribution in [0.5, 0.6) is 0 Å². The number of anilines is 1. The molecule has 144 valence electrons. The van der Waals surface area contributed by atoms with Gasteiger partial charge in [0.15, 0.2) is 0 Å². The Morgan fingerprint density at radius 1 is 1.04 bits per heavy atom. The van der Waals surface area contributed by atoms with Gasteiger partial charge in [0.05, 0.1) is 0 Å². The van der Waals surface area contributed by atoms with Crippen LogP contribution >= 0.6 is 0 Å². The van der Waals surface area contributed by atoms with Crippen molar-refractivity contribution in [1.29, 1.82) is 0 Å². The smallest absolute Gasteiger partial charge is 0.230 e. The van der Waals surface area contributed by atoms with Crippen LogP contribution in [0.3, 0.4) is 0 Å². The molecule has 0 unspecified atom stereocenters. The van der Waals surface area contributed by atoms with Crippen LogP contribution in [-0.2, 0) is 6.42 Å². The van der Waals surface area contributed by atoms with E-state index in [1.54, 1.807) is 0 Å². The number of rotatable bonds is 12. The fraction of sp³-hybridized carbons (Fsp3) is 0.727. The molecule has 1 aromatic heterocycles. The van der Waals surface area contributed by atoms with E-state index < -0.39 is 0 Å². The van der Waals surface area contributed by atoms with Gasteiger partial charge >= 0.3 is 0 Å². The van der Waals surface area contributed by atoms with Crippen LogP contribution in [0.25, 0.3) is 0 Å². The molecule has 1 heterocycles. The molecule has 25 heavy (non-hydrogen) atoms. The fourth-order valence-electron chi connectivity index (χ4n) is 2.91. The van der Waals surface area contributed by atoms with Crippen LogP contribution in [-0.4, -0.2) is 16.0 Å². The molecule has 0 aliphatic rings. The van der Waals surface area contributed by atoms with Gasteiger partial charge in [-0.05, 0) is 31.7 Å². The third kappa shape index (κ3) is 8.51. The summed E-state index contributed by atoms with van der Waals surface area (Å²) in [4.78, 5) is 11.7. The molecule has 1 rings (SSSR count). The van der Waals surface area contributed by atoms with Gasteiger partial charge in [0.2, 0.25) is 5.95 Å². The van der Waals surface area contributed by atoms with Crippen molar-refractivity contribution in [2.24, 2.45) is 0 Å². The molecule has 3 nitrogen and oxygen atoms in total. The Balaban J connectivity index is 0.00000277. The van der Waals surface area contributed by atoms with Gasteiger partial charge in [-0.15, -0.1) is 0 Å². The average Bonchev–Trinajstić information content (AvgIpc) is 2.65. The quantitative estimate of drug-likeness (QED) is 0.410. The van der Waals surface area contributed by atoms with Crippen LogP contribution in [0.2, 0.25) is 0 Å². The third-order valence-corrected chi connectivity index (χ3v) is 4.32. The summed E-state index contributed by atoms with van der Waals surface area (Å²) in [5.41, 5.74) is 2.27. The van der Waals surface area contributed by atoms with Crippen LogP contribution in [0, 0.1) is 0 Å². The summed E-state index contributed by atoms with van der Waals surface area (Å²) in [6.07, 6.45) is 12.3. The highest BCUT2D eigenvalue weighted by atomic mass is 15.3. The first kappa shape index (κ1) is 23.6. The first-order chi connectivity index (χ1) is 12.2. The third-order valence-electron chi connectivity index (χ3n) is 4.32. The Labute approximate surface area is 157 Å². The zero-order chi connectivity index (χ0) is 19.1. The first-order valence-corrected chi connectivity index (χ1v) is 10.5. The zero-order valence-corrected chi connectivity index (χ0v) is 17.6. The largest absolute Gasteiger partial charge is 0.312 e. The van der Waals surface area contributed by atoms with Crippen molar-refractivity contribution in [2.45, 2.75) is 105 Å². The first-order valence-electron chi connectivity index (χ1n) is 10.5. The standard InChI is InChI=1S/C20H35N3.C2H6/c1-6-10-13-19(14-11-7-2)23(17(5)9-4)20-21-16-15-18(22-20)12-8-3;1-2/h15-16,19H,5-14H2,1-4H3;1-2H3. The van der Waals surface area contributed by atoms with Crippen molar-refractivity contribution in [2.75, 3.05) is 4.90 Å². The Morgan fingerprint density at radius 3 is 2.12 bits per heavy atom. The van der Waals surface area contributed by atoms with Crippen LogP contribution in [0.15, 0.2) is 24.5 Å². The van der Waals surface area contributed by atoms with Crippen molar-refractivity contribution in [3.63, 3.8) is 0 Å². The summed E-state index contributed by atoms with van der Waals surface area (Å²) < 4.78 is 0. The highest BCUT2D eigenvalue weighted by Crippen LogP contribution is 2.25. The molecule has 0 atom stereocenters. The summed E-state index contributed by atoms with van der Waals surface area (Å²) in [6.45, 7) is 17.2. The minimum absolute atomic E-state index is 0.472. The molecule has 0 fully saturated rings. The lowest BCUT2D eigenvalue weighted by atomic mass is 10.0. The van der Waals surface area contributed by atoms with E-state index in [9.17, 15) is 0 Å². The number of unbranched alkanes of at least 4 members (excludes halogenated alkanes) is 2. The highest BCUT2D eigenvalue weighted by molar-refractivity contribution is 5.41. The summed E-state index contributed by atoms with van der Waals surface area (Å²) in [5.74, 6) is 0.847. The molecule has 1 aromatic rings. The lowest BCUT2D eigenvalue weighted by molar-refractivity contribution is 0.491. The molecular weight excluding hydrogens is 306 g/mol. The van der Waals surface area contributed by atoms with Gasteiger partial charge in [-0.1, -0.05) is 80.2 Å². The second-order valence-electron chi connectivity index (χ2n) is 6.33. The van der Waals surface area contributed by atoms with Crippen LogP contribution < -0.4 is 4.90 Å². The maximum atomic E-state index is 4.82. The molecule has 0 saturated heterocycles. The monoisotopic (exact) mass is 347 g/mol. The van der Waals surface area contributed by atoms with E-state index in [1.165, 1.54) is 38.5 Å². The maximum Gasteiger partial charge on any atom is 0.230 e. The molecule has 0 aliphatic carbocycles. The second-order valence-corrected chi connectivity index (χ2v) is 6.33. The molecule has 0 aromatic carbocycles. The Hall–Kier alpha value is -1.38. The van der Waals surface area contributed by atoms with E-state index in [0.717, 1.165) is 36.6 Å². The van der Waals surface area contributed by atoms with Crippen LogP contribution in [0.1, 0.15) is 98.6 Å². The van der Waals surface area contributed by atoms with E-state index in [2.05, 4.69) is 44.2 Å².